The molecule has 1 aliphatic rings. The van der Waals surface area contributed by atoms with Crippen LogP contribution in [0.2, 0.25) is 0 Å². The first kappa shape index (κ1) is 11.4. The van der Waals surface area contributed by atoms with E-state index in [-0.39, 0.29) is 0 Å². The number of aliphatic hydroxyl groups is 1. The topological polar surface area (TPSA) is 35.5 Å². The Kier molecular flexibility index (Phi) is 3.46. The number of nitrogens with one attached hydrogen (secondary N) is 1. The van der Waals surface area contributed by atoms with Crippen LogP contribution in [-0.4, -0.2) is 31.8 Å². The number of likely N-dealkylation sites (N-methyl/N-ethyl adjacent to an activating group) is 2. The van der Waals surface area contributed by atoms with Gasteiger partial charge in [-0.2, -0.15) is 0 Å². The Morgan fingerprint density at radius 2 is 2.31 bits per heavy atom. The molecule has 1 aliphatic heterocycles. The Morgan fingerprint density at radius 1 is 1.50 bits per heavy atom. The summed E-state index contributed by atoms with van der Waals surface area (Å²) in [7, 11) is 1.86. The average Bonchev–Trinajstić information content (AvgIpc) is 2.71. The molecule has 0 bridgehead atoms. The van der Waals surface area contributed by atoms with E-state index >= 15 is 0 Å². The van der Waals surface area contributed by atoms with Crippen LogP contribution in [0, 0.1) is 0 Å². The fourth-order valence-corrected chi connectivity index (χ4v) is 2.34. The summed E-state index contributed by atoms with van der Waals surface area (Å²) in [6, 6.07) is 6.32. The van der Waals surface area contributed by atoms with Crippen molar-refractivity contribution in [3.05, 3.63) is 29.3 Å². The van der Waals surface area contributed by atoms with Crippen molar-refractivity contribution in [1.29, 1.82) is 0 Å². The molecular weight excluding hydrogens is 200 g/mol. The molecule has 1 aromatic carbocycles. The Morgan fingerprint density at radius 3 is 3.00 bits per heavy atom. The van der Waals surface area contributed by atoms with Gasteiger partial charge >= 0.3 is 0 Å². The third-order valence-corrected chi connectivity index (χ3v) is 3.26. The molecule has 1 aromatic rings. The second-order valence-corrected chi connectivity index (χ2v) is 4.29. The third kappa shape index (κ3) is 2.06. The fourth-order valence-electron chi connectivity index (χ4n) is 2.34. The standard InChI is InChI=1S/C13H20N2O/c1-3-15-7-6-10-8-11(4-5-12(10)15)13(16)9-14-2/h4-5,8,13-14,16H,3,6-7,9H2,1-2H3. The molecule has 16 heavy (non-hydrogen) atoms. The molecule has 0 aromatic heterocycles. The number of benzene rings is 1. The zero-order valence-electron chi connectivity index (χ0n) is 10.0. The molecule has 0 saturated heterocycles. The molecule has 0 spiro atoms. The van der Waals surface area contributed by atoms with Gasteiger partial charge in [-0.3, -0.25) is 0 Å². The highest BCUT2D eigenvalue weighted by Gasteiger charge is 2.18. The maximum absolute atomic E-state index is 9.90. The van der Waals surface area contributed by atoms with Gasteiger partial charge in [-0.15, -0.1) is 0 Å². The molecular formula is C13H20N2O. The monoisotopic (exact) mass is 220 g/mol. The van der Waals surface area contributed by atoms with Gasteiger partial charge in [0, 0.05) is 25.3 Å². The number of aliphatic hydroxyl groups excluding tert-OH is 1. The quantitative estimate of drug-likeness (QED) is 0.803. The van der Waals surface area contributed by atoms with Gasteiger partial charge in [-0.05, 0) is 37.6 Å². The van der Waals surface area contributed by atoms with E-state index in [0.717, 1.165) is 25.1 Å². The maximum atomic E-state index is 9.90. The van der Waals surface area contributed by atoms with Crippen molar-refractivity contribution < 1.29 is 5.11 Å². The van der Waals surface area contributed by atoms with Crippen molar-refractivity contribution in [3.63, 3.8) is 0 Å². The second-order valence-electron chi connectivity index (χ2n) is 4.29. The molecule has 2 rings (SSSR count). The predicted molar refractivity (Wildman–Crippen MR) is 66.9 cm³/mol. The van der Waals surface area contributed by atoms with Gasteiger partial charge in [0.15, 0.2) is 0 Å². The molecule has 0 fully saturated rings. The number of rotatable bonds is 4. The van der Waals surface area contributed by atoms with Crippen LogP contribution in [0.25, 0.3) is 0 Å². The maximum Gasteiger partial charge on any atom is 0.0914 e. The zero-order valence-corrected chi connectivity index (χ0v) is 10.0. The van der Waals surface area contributed by atoms with Gasteiger partial charge in [0.05, 0.1) is 6.10 Å². The van der Waals surface area contributed by atoms with E-state index in [4.69, 9.17) is 0 Å². The van der Waals surface area contributed by atoms with E-state index in [2.05, 4.69) is 29.3 Å². The van der Waals surface area contributed by atoms with Crippen LogP contribution in [-0.2, 0) is 6.42 Å². The predicted octanol–water partition coefficient (Wildman–Crippen LogP) is 1.32. The van der Waals surface area contributed by atoms with Crippen molar-refractivity contribution in [1.82, 2.24) is 5.32 Å². The Bertz CT molecular complexity index is 365. The Labute approximate surface area is 97.1 Å². The van der Waals surface area contributed by atoms with Crippen molar-refractivity contribution in [2.75, 3.05) is 31.6 Å². The van der Waals surface area contributed by atoms with Crippen LogP contribution < -0.4 is 10.2 Å². The SMILES string of the molecule is CCN1CCc2cc(C(O)CNC)ccc21. The number of anilines is 1. The van der Waals surface area contributed by atoms with Crippen LogP contribution in [0.15, 0.2) is 18.2 Å². The minimum atomic E-state index is -0.397. The Hall–Kier alpha value is -1.06. The zero-order chi connectivity index (χ0) is 11.5. The van der Waals surface area contributed by atoms with Crippen LogP contribution in [0.5, 0.6) is 0 Å². The number of hydrogen-bond acceptors (Lipinski definition) is 3. The third-order valence-electron chi connectivity index (χ3n) is 3.26. The molecule has 3 heteroatoms. The highest BCUT2D eigenvalue weighted by molar-refractivity contribution is 5.59. The van der Waals surface area contributed by atoms with Gasteiger partial charge in [-0.1, -0.05) is 12.1 Å². The molecule has 1 atom stereocenters. The van der Waals surface area contributed by atoms with Crippen molar-refractivity contribution in [3.8, 4) is 0 Å². The molecule has 2 N–H and O–H groups in total. The second kappa shape index (κ2) is 4.85. The largest absolute Gasteiger partial charge is 0.387 e. The molecule has 1 unspecified atom stereocenters. The van der Waals surface area contributed by atoms with E-state index in [1.807, 2.05) is 13.1 Å². The highest BCUT2D eigenvalue weighted by Crippen LogP contribution is 2.30. The first-order valence-electron chi connectivity index (χ1n) is 5.96. The number of fused-ring (bicyclic) bond motifs is 1. The summed E-state index contributed by atoms with van der Waals surface area (Å²) in [5, 5.41) is 12.9. The molecule has 1 heterocycles. The van der Waals surface area contributed by atoms with Gasteiger partial charge in [0.2, 0.25) is 0 Å². The number of nitrogens with zero attached hydrogens (tertiary/aromatic N) is 1. The Balaban J connectivity index is 2.21. The summed E-state index contributed by atoms with van der Waals surface area (Å²) in [5.41, 5.74) is 3.73. The van der Waals surface area contributed by atoms with Gasteiger partial charge < -0.3 is 15.3 Å². The molecule has 0 saturated carbocycles. The molecule has 0 aliphatic carbocycles. The lowest BCUT2D eigenvalue weighted by Crippen LogP contribution is -2.19. The summed E-state index contributed by atoms with van der Waals surface area (Å²) in [4.78, 5) is 2.38. The van der Waals surface area contributed by atoms with Crippen molar-refractivity contribution >= 4 is 5.69 Å². The molecule has 0 radical (unpaired) electrons. The molecule has 0 amide bonds. The summed E-state index contributed by atoms with van der Waals surface area (Å²) in [5.74, 6) is 0. The van der Waals surface area contributed by atoms with Gasteiger partial charge in [-0.25, -0.2) is 0 Å². The van der Waals surface area contributed by atoms with E-state index in [1.165, 1.54) is 11.3 Å². The van der Waals surface area contributed by atoms with E-state index in [0.29, 0.717) is 6.54 Å². The summed E-state index contributed by atoms with van der Waals surface area (Å²) in [6.07, 6.45) is 0.703. The van der Waals surface area contributed by atoms with E-state index in [9.17, 15) is 5.11 Å². The van der Waals surface area contributed by atoms with Crippen LogP contribution in [0.4, 0.5) is 5.69 Å². The van der Waals surface area contributed by atoms with Gasteiger partial charge in [0.25, 0.3) is 0 Å². The van der Waals surface area contributed by atoms with Crippen molar-refractivity contribution in [2.24, 2.45) is 0 Å². The smallest absolute Gasteiger partial charge is 0.0914 e. The first-order chi connectivity index (χ1) is 7.76. The van der Waals surface area contributed by atoms with E-state index in [1.54, 1.807) is 0 Å². The molecule has 3 nitrogen and oxygen atoms in total. The number of hydrogen-bond donors (Lipinski definition) is 2. The van der Waals surface area contributed by atoms with E-state index < -0.39 is 6.10 Å². The van der Waals surface area contributed by atoms with Gasteiger partial charge in [0.1, 0.15) is 0 Å². The average molecular weight is 220 g/mol. The van der Waals surface area contributed by atoms with Crippen LogP contribution in [0.1, 0.15) is 24.2 Å². The molecule has 88 valence electrons. The summed E-state index contributed by atoms with van der Waals surface area (Å²) < 4.78 is 0. The lowest BCUT2D eigenvalue weighted by Gasteiger charge is -2.17. The summed E-state index contributed by atoms with van der Waals surface area (Å²) in [6.45, 7) is 4.96. The minimum absolute atomic E-state index is 0.397. The highest BCUT2D eigenvalue weighted by atomic mass is 16.3. The lowest BCUT2D eigenvalue weighted by atomic mass is 10.0. The lowest BCUT2D eigenvalue weighted by molar-refractivity contribution is 0.177. The summed E-state index contributed by atoms with van der Waals surface area (Å²) >= 11 is 0. The van der Waals surface area contributed by atoms with Crippen LogP contribution >= 0.6 is 0 Å². The fraction of sp³-hybridized carbons (Fsp3) is 0.538. The minimum Gasteiger partial charge on any atom is -0.387 e. The van der Waals surface area contributed by atoms with Crippen LogP contribution in [0.3, 0.4) is 0 Å². The normalized spacial score (nSPS) is 16.3. The first-order valence-corrected chi connectivity index (χ1v) is 5.96. The van der Waals surface area contributed by atoms with Crippen molar-refractivity contribution in [2.45, 2.75) is 19.4 Å².